The Balaban J connectivity index is 0.858. The molecule has 0 radical (unpaired) electrons. The number of aliphatic hydroxyl groups excluding tert-OH is 1. The van der Waals surface area contributed by atoms with Crippen molar-refractivity contribution in [1.29, 1.82) is 0 Å². The van der Waals surface area contributed by atoms with Crippen molar-refractivity contribution in [2.75, 3.05) is 11.9 Å². The van der Waals surface area contributed by atoms with Gasteiger partial charge in [-0.05, 0) is 54.5 Å². The Hall–Kier alpha value is -7.24. The molecular weight excluding hydrogens is 991 g/mol. The number of rotatable bonds is 18. The number of nitrogens with one attached hydrogen (secondary N) is 3. The first kappa shape index (κ1) is 52.1. The summed E-state index contributed by atoms with van der Waals surface area (Å²) < 4.78 is 47.8. The van der Waals surface area contributed by atoms with E-state index in [2.05, 4.69) is 41.3 Å². The zero-order valence-corrected chi connectivity index (χ0v) is 42.1. The highest BCUT2D eigenvalue weighted by atomic mass is 35.5. The van der Waals surface area contributed by atoms with Gasteiger partial charge in [-0.1, -0.05) is 68.3 Å². The van der Waals surface area contributed by atoms with Gasteiger partial charge in [-0.25, -0.2) is 32.3 Å². The van der Waals surface area contributed by atoms with E-state index in [9.17, 15) is 42.3 Å². The molecule has 0 saturated carbocycles. The number of nitrogens with zero attached hydrogens (tertiary/aromatic N) is 10. The molecule has 4 N–H and O–H groups in total. The van der Waals surface area contributed by atoms with Gasteiger partial charge in [0.15, 0.2) is 11.6 Å². The second kappa shape index (κ2) is 21.9. The van der Waals surface area contributed by atoms with Crippen molar-refractivity contribution in [2.45, 2.75) is 104 Å². The van der Waals surface area contributed by atoms with Crippen LogP contribution in [0.2, 0.25) is 5.02 Å². The smallest absolute Gasteiger partial charge is 0.355 e. The minimum atomic E-state index is -1.42. The van der Waals surface area contributed by atoms with Crippen LogP contribution in [0.1, 0.15) is 75.4 Å². The number of fused-ring (bicyclic) bond motifs is 1. The van der Waals surface area contributed by atoms with Crippen LogP contribution in [0.4, 0.5) is 24.8 Å². The van der Waals surface area contributed by atoms with Crippen LogP contribution < -0.4 is 27.3 Å². The molecule has 1 aliphatic heterocycles. The van der Waals surface area contributed by atoms with Crippen LogP contribution in [0.25, 0.3) is 21.3 Å². The molecule has 7 aromatic rings. The summed E-state index contributed by atoms with van der Waals surface area (Å²) in [5, 5.41) is 32.6. The molecule has 384 valence electrons. The van der Waals surface area contributed by atoms with E-state index in [1.165, 1.54) is 15.8 Å². The SMILES string of the molecule is Cc1ncsc1-c1ccc(CNC(=O)[C@@H]2C[C@@H](O)CN2C(=O)[C@@H](NC(=O)CCCCCn2cc(Cn3c(=O)nc(Nc4cc5cn(C)nc5cc4Cl)n(Cc4cc(F)c(F)cc4F)c3=O)nn2)C(C)(C)C)cc1. The van der Waals surface area contributed by atoms with Crippen molar-refractivity contribution < 1.29 is 32.7 Å². The number of aromatic nitrogens is 9. The molecule has 4 aromatic heterocycles. The van der Waals surface area contributed by atoms with Crippen molar-refractivity contribution in [1.82, 2.24) is 59.4 Å². The summed E-state index contributed by atoms with van der Waals surface area (Å²) in [7, 11) is 1.71. The fourth-order valence-electron chi connectivity index (χ4n) is 8.58. The number of amides is 3. The van der Waals surface area contributed by atoms with Gasteiger partial charge in [0, 0.05) is 62.7 Å². The van der Waals surface area contributed by atoms with Gasteiger partial charge in [-0.2, -0.15) is 10.1 Å². The first-order valence-corrected chi connectivity index (χ1v) is 24.7. The summed E-state index contributed by atoms with van der Waals surface area (Å²) in [6, 6.07) is 10.0. The fourth-order valence-corrected chi connectivity index (χ4v) is 9.59. The van der Waals surface area contributed by atoms with Gasteiger partial charge in [0.25, 0.3) is 0 Å². The molecule has 73 heavy (non-hydrogen) atoms. The molecule has 19 nitrogen and oxygen atoms in total. The molecular formula is C49H53ClF3N13O6S. The summed E-state index contributed by atoms with van der Waals surface area (Å²) in [5.74, 6) is -5.48. The van der Waals surface area contributed by atoms with Gasteiger partial charge in [0.1, 0.15) is 23.6 Å². The number of benzene rings is 3. The number of halogens is 4. The third-order valence-electron chi connectivity index (χ3n) is 12.4. The lowest BCUT2D eigenvalue weighted by Gasteiger charge is -2.35. The summed E-state index contributed by atoms with van der Waals surface area (Å²) in [5.41, 5.74) is 2.50. The molecule has 3 amide bonds. The number of thiazole rings is 1. The summed E-state index contributed by atoms with van der Waals surface area (Å²) in [4.78, 5) is 79.2. The number of anilines is 2. The van der Waals surface area contributed by atoms with Crippen LogP contribution in [0.5, 0.6) is 0 Å². The number of aryl methyl sites for hydroxylation is 3. The predicted molar refractivity (Wildman–Crippen MR) is 266 cm³/mol. The zero-order chi connectivity index (χ0) is 52.3. The second-order valence-corrected chi connectivity index (χ2v) is 20.3. The molecule has 0 aliphatic carbocycles. The number of carbonyl (C=O) groups excluding carboxylic acids is 3. The average Bonchev–Trinajstić information content (AvgIpc) is 4.15. The quantitative estimate of drug-likeness (QED) is 0.0609. The molecule has 24 heteroatoms. The molecule has 0 spiro atoms. The van der Waals surface area contributed by atoms with Crippen LogP contribution >= 0.6 is 22.9 Å². The van der Waals surface area contributed by atoms with Gasteiger partial charge in [0.2, 0.25) is 23.7 Å². The molecule has 0 bridgehead atoms. The average molecular weight is 1040 g/mol. The maximum atomic E-state index is 14.9. The van der Waals surface area contributed by atoms with Gasteiger partial charge in [-0.15, -0.1) is 16.4 Å². The van der Waals surface area contributed by atoms with Gasteiger partial charge in [0.05, 0.1) is 57.7 Å². The Morgan fingerprint density at radius 2 is 1.71 bits per heavy atom. The van der Waals surface area contributed by atoms with Crippen molar-refractivity contribution in [2.24, 2.45) is 12.5 Å². The molecule has 0 unspecified atom stereocenters. The molecule has 8 rings (SSSR count). The van der Waals surface area contributed by atoms with E-state index in [-0.39, 0.29) is 54.2 Å². The van der Waals surface area contributed by atoms with E-state index < -0.39 is 82.9 Å². The highest BCUT2D eigenvalue weighted by molar-refractivity contribution is 7.13. The highest BCUT2D eigenvalue weighted by Gasteiger charge is 2.44. The minimum absolute atomic E-state index is 0.0520. The number of hydrogen-bond acceptors (Lipinski definition) is 13. The predicted octanol–water partition coefficient (Wildman–Crippen LogP) is 5.60. The summed E-state index contributed by atoms with van der Waals surface area (Å²) in [6.07, 6.45) is 4.07. The lowest BCUT2D eigenvalue weighted by atomic mass is 9.85. The summed E-state index contributed by atoms with van der Waals surface area (Å²) in [6.45, 7) is 6.86. The van der Waals surface area contributed by atoms with E-state index in [4.69, 9.17) is 11.6 Å². The van der Waals surface area contributed by atoms with Crippen LogP contribution in [0.15, 0.2) is 76.0 Å². The second-order valence-electron chi connectivity index (χ2n) is 19.1. The van der Waals surface area contributed by atoms with E-state index >= 15 is 0 Å². The zero-order valence-electron chi connectivity index (χ0n) is 40.5. The third kappa shape index (κ3) is 12.2. The Morgan fingerprint density at radius 3 is 2.44 bits per heavy atom. The van der Waals surface area contributed by atoms with Crippen molar-refractivity contribution in [3.05, 3.63) is 132 Å². The van der Waals surface area contributed by atoms with Crippen molar-refractivity contribution in [3.8, 4) is 10.4 Å². The van der Waals surface area contributed by atoms with Crippen LogP contribution in [-0.4, -0.2) is 96.3 Å². The Labute approximate surface area is 425 Å². The van der Waals surface area contributed by atoms with Crippen molar-refractivity contribution in [3.63, 3.8) is 0 Å². The number of unbranched alkanes of at least 4 members (excludes halogenated alkanes) is 2. The topological polar surface area (TPSA) is 229 Å². The molecule has 1 saturated heterocycles. The van der Waals surface area contributed by atoms with Crippen LogP contribution in [0, 0.1) is 29.8 Å². The van der Waals surface area contributed by atoms with Gasteiger partial charge in [-0.3, -0.25) is 28.3 Å². The fraction of sp³-hybridized carbons (Fsp3) is 0.388. The van der Waals surface area contributed by atoms with E-state index in [1.807, 2.05) is 52.0 Å². The van der Waals surface area contributed by atoms with E-state index in [0.29, 0.717) is 48.8 Å². The standard InChI is InChI=1S/C49H53ClF3N13O6S/c1-27-42(73-26-55-27)29-12-10-28(11-13-29)20-54-44(69)40-17-33(67)25-64(40)45(70)43(49(2,3)4)57-41(68)9-7-6-8-14-63-23-32(59-61-63)24-66-47(71)58-46(56-39-16-31-21-62(5)60-38(31)18-34(39)50)65(48(66)72)22-30-15-36(52)37(53)19-35(30)51/h10-13,15-16,18-19,21,23,26,33,40,43,67H,6-9,14,17,20,22,24-25H2,1-5H3,(H,54,69)(H,57,68)(H,56,58,71)/t33-,40+,43-/m1/s1. The number of hydrogen-bond donors (Lipinski definition) is 4. The minimum Gasteiger partial charge on any atom is -0.391 e. The maximum absolute atomic E-state index is 14.9. The van der Waals surface area contributed by atoms with Gasteiger partial charge < -0.3 is 26.0 Å². The number of aliphatic hydroxyl groups is 1. The third-order valence-corrected chi connectivity index (χ3v) is 13.7. The normalized spacial score (nSPS) is 15.2. The Kier molecular flexibility index (Phi) is 15.6. The maximum Gasteiger partial charge on any atom is 0.355 e. The first-order valence-electron chi connectivity index (χ1n) is 23.4. The summed E-state index contributed by atoms with van der Waals surface area (Å²) >= 11 is 8.06. The monoisotopic (exact) mass is 1040 g/mol. The first-order chi connectivity index (χ1) is 34.7. The van der Waals surface area contributed by atoms with Crippen molar-refractivity contribution >= 4 is 63.2 Å². The molecule has 1 aliphatic rings. The molecule has 3 atom stereocenters. The Bertz CT molecular complexity index is 3310. The van der Waals surface area contributed by atoms with E-state index in [0.717, 1.165) is 30.8 Å². The number of carbonyl (C=O) groups is 3. The lowest BCUT2D eigenvalue weighted by molar-refractivity contribution is -0.144. The number of likely N-dealkylation sites (tertiary alicyclic amines) is 1. The lowest BCUT2D eigenvalue weighted by Crippen LogP contribution is -2.57. The largest absolute Gasteiger partial charge is 0.391 e. The van der Waals surface area contributed by atoms with Gasteiger partial charge >= 0.3 is 11.4 Å². The molecule has 3 aromatic carbocycles. The molecule has 1 fully saturated rings. The van der Waals surface area contributed by atoms with Crippen LogP contribution in [0.3, 0.4) is 0 Å². The van der Waals surface area contributed by atoms with Crippen LogP contribution in [-0.2, 0) is 47.6 Å². The number of β-amino-alcohol motifs (C(OH)–C–C–N with tert-alkyl or cyclic N) is 1. The van der Waals surface area contributed by atoms with E-state index in [1.54, 1.807) is 46.9 Å². The highest BCUT2D eigenvalue weighted by Crippen LogP contribution is 2.31. The Morgan fingerprint density at radius 1 is 0.959 bits per heavy atom. The molecule has 5 heterocycles.